The lowest BCUT2D eigenvalue weighted by molar-refractivity contribution is 0.114. The predicted octanol–water partition coefficient (Wildman–Crippen LogP) is 6.25. The molecule has 0 radical (unpaired) electrons. The number of nitrogens with one attached hydrogen (secondary N) is 2. The van der Waals surface area contributed by atoms with Crippen LogP contribution in [0.2, 0.25) is 10.0 Å². The van der Waals surface area contributed by atoms with Gasteiger partial charge in [-0.25, -0.2) is 33.3 Å². The highest BCUT2D eigenvalue weighted by Crippen LogP contribution is 2.47. The molecule has 1 aliphatic carbocycles. The van der Waals surface area contributed by atoms with Gasteiger partial charge in [-0.2, -0.15) is 0 Å². The number of rotatable bonds is 10. The number of aryl methyl sites for hydroxylation is 2. The van der Waals surface area contributed by atoms with E-state index in [1.54, 1.807) is 32.4 Å². The van der Waals surface area contributed by atoms with Crippen LogP contribution in [0.5, 0.6) is 5.88 Å². The number of nitrogens with zero attached hydrogens (tertiary/aromatic N) is 7. The molecular formula is C40H41Cl2F2N9O5. The second-order valence-electron chi connectivity index (χ2n) is 14.9. The van der Waals surface area contributed by atoms with E-state index in [1.165, 1.54) is 14.1 Å². The fraction of sp³-hybridized carbons (Fsp3) is 0.400. The number of carbonyl (C=O) groups is 1. The number of ether oxygens (including phenoxy) is 2. The first-order valence-electron chi connectivity index (χ1n) is 18.8. The van der Waals surface area contributed by atoms with Gasteiger partial charge in [0, 0.05) is 75.7 Å². The zero-order valence-electron chi connectivity index (χ0n) is 32.2. The maximum Gasteiger partial charge on any atom is 0.332 e. The molecule has 2 saturated heterocycles. The summed E-state index contributed by atoms with van der Waals surface area (Å²) in [5.74, 6) is -0.582. The van der Waals surface area contributed by atoms with Crippen molar-refractivity contribution in [3.05, 3.63) is 90.3 Å². The molecule has 1 spiro atoms. The van der Waals surface area contributed by atoms with Crippen molar-refractivity contribution in [3.63, 3.8) is 0 Å². The van der Waals surface area contributed by atoms with Gasteiger partial charge in [0.05, 0.1) is 40.7 Å². The summed E-state index contributed by atoms with van der Waals surface area (Å²) < 4.78 is 40.9. The molecule has 2 amide bonds. The van der Waals surface area contributed by atoms with E-state index in [2.05, 4.69) is 31.6 Å². The Hall–Kier alpha value is -5.16. The van der Waals surface area contributed by atoms with Gasteiger partial charge >= 0.3 is 11.7 Å². The van der Waals surface area contributed by atoms with Crippen molar-refractivity contribution < 1.29 is 23.0 Å². The van der Waals surface area contributed by atoms with Crippen molar-refractivity contribution >= 4 is 51.8 Å². The number of alkyl halides is 2. The van der Waals surface area contributed by atoms with Crippen LogP contribution < -0.4 is 26.6 Å². The number of aromatic nitrogens is 5. The van der Waals surface area contributed by atoms with E-state index < -0.39 is 23.5 Å². The molecule has 2 aliphatic heterocycles. The van der Waals surface area contributed by atoms with Gasteiger partial charge < -0.3 is 25.0 Å². The average Bonchev–Trinajstić information content (AvgIpc) is 3.83. The second kappa shape index (κ2) is 15.5. The van der Waals surface area contributed by atoms with Crippen LogP contribution in [0.1, 0.15) is 48.7 Å². The SMILES string of the molecule is COCCN1CC[C@@]2(CCN([C@H]3CCc4cc(-c5cccc(-c6cccc(Nc7nc(C(F)F)nc8c7c(=O)n(C)c(=O)n8C)c6Cl)c5Cl)nc(OC)c43)C2)NC1=O. The Kier molecular flexibility index (Phi) is 10.6. The number of methoxy groups -OCH3 is 2. The van der Waals surface area contributed by atoms with Crippen LogP contribution in [0.3, 0.4) is 0 Å². The Bertz CT molecular complexity index is 2590. The Labute approximate surface area is 341 Å². The van der Waals surface area contributed by atoms with Crippen LogP contribution in [-0.2, 0) is 25.3 Å². The van der Waals surface area contributed by atoms with Crippen LogP contribution in [0.25, 0.3) is 33.4 Å². The van der Waals surface area contributed by atoms with Gasteiger partial charge in [0.2, 0.25) is 5.88 Å². The Morgan fingerprint density at radius 2 is 1.69 bits per heavy atom. The third-order valence-corrected chi connectivity index (χ3v) is 12.4. The molecule has 0 bridgehead atoms. The first kappa shape index (κ1) is 39.7. The first-order valence-corrected chi connectivity index (χ1v) is 19.6. The van der Waals surface area contributed by atoms with Crippen LogP contribution in [0.15, 0.2) is 52.1 Å². The molecule has 2 fully saturated rings. The van der Waals surface area contributed by atoms with Crippen molar-refractivity contribution in [1.29, 1.82) is 0 Å². The lowest BCUT2D eigenvalue weighted by atomic mass is 9.92. The standard InChI is InChI=1S/C40H41Cl2F2N9O5/c1-50-35-29(37(54)51(2)39(50)56)33(47-34(48-35)32(43)44)45-25-10-6-8-23(31(25)42)22-7-5-9-24(30(22)41)26-19-21-11-12-27(28(21)36(46-26)58-4)53-16-14-40(20-53)13-15-52(17-18-57-3)38(55)49-40/h5-10,19,27,32H,11-18,20H2,1-4H3,(H,49,55)(H,45,47,48)/t27-,40-/m0/s1. The molecule has 3 aliphatic rings. The van der Waals surface area contributed by atoms with E-state index >= 15 is 0 Å². The highest BCUT2D eigenvalue weighted by molar-refractivity contribution is 6.39. The summed E-state index contributed by atoms with van der Waals surface area (Å²) in [5, 5.41) is 6.65. The predicted molar refractivity (Wildman–Crippen MR) is 217 cm³/mol. The lowest BCUT2D eigenvalue weighted by Crippen LogP contribution is -2.61. The maximum absolute atomic E-state index is 13.9. The number of hydrogen-bond donors (Lipinski definition) is 2. The molecule has 2 N–H and O–H groups in total. The van der Waals surface area contributed by atoms with E-state index in [4.69, 9.17) is 37.7 Å². The molecular weight excluding hydrogens is 795 g/mol. The average molecular weight is 837 g/mol. The number of hydrogen-bond acceptors (Lipinski definition) is 10. The summed E-state index contributed by atoms with van der Waals surface area (Å²) in [7, 11) is 5.86. The zero-order valence-corrected chi connectivity index (χ0v) is 33.8. The number of fused-ring (bicyclic) bond motifs is 2. The normalized spacial score (nSPS) is 19.4. The zero-order chi connectivity index (χ0) is 41.0. The Balaban J connectivity index is 1.09. The summed E-state index contributed by atoms with van der Waals surface area (Å²) in [5.41, 5.74) is 2.74. The number of likely N-dealkylation sites (tertiary alicyclic amines) is 1. The second-order valence-corrected chi connectivity index (χ2v) is 15.7. The van der Waals surface area contributed by atoms with Gasteiger partial charge in [0.15, 0.2) is 11.5 Å². The van der Waals surface area contributed by atoms with Gasteiger partial charge in [-0.3, -0.25) is 18.8 Å². The number of anilines is 2. The molecule has 2 atom stereocenters. The van der Waals surface area contributed by atoms with Gasteiger partial charge in [0.1, 0.15) is 11.2 Å². The summed E-state index contributed by atoms with van der Waals surface area (Å²) in [6.07, 6.45) is 0.341. The molecule has 14 nitrogen and oxygen atoms in total. The number of halogens is 4. The Morgan fingerprint density at radius 1 is 0.966 bits per heavy atom. The van der Waals surface area contributed by atoms with Crippen molar-refractivity contribution in [2.45, 2.75) is 43.7 Å². The lowest BCUT2D eigenvalue weighted by Gasteiger charge is -2.40. The smallest absolute Gasteiger partial charge is 0.332 e. The Morgan fingerprint density at radius 3 is 2.41 bits per heavy atom. The van der Waals surface area contributed by atoms with E-state index in [9.17, 15) is 23.2 Å². The minimum atomic E-state index is -3.08. The minimum absolute atomic E-state index is 0.0479. The number of urea groups is 1. The van der Waals surface area contributed by atoms with Gasteiger partial charge in [0.25, 0.3) is 12.0 Å². The molecule has 0 saturated carbocycles. The largest absolute Gasteiger partial charge is 0.481 e. The molecule has 5 aromatic rings. The minimum Gasteiger partial charge on any atom is -0.481 e. The number of carbonyl (C=O) groups excluding carboxylic acids is 1. The highest BCUT2D eigenvalue weighted by Gasteiger charge is 2.46. The van der Waals surface area contributed by atoms with Crippen LogP contribution in [0.4, 0.5) is 25.1 Å². The first-order chi connectivity index (χ1) is 27.8. The molecule has 58 heavy (non-hydrogen) atoms. The topological polar surface area (TPSA) is 149 Å². The molecule has 304 valence electrons. The summed E-state index contributed by atoms with van der Waals surface area (Å²) in [4.78, 5) is 55.9. The quantitative estimate of drug-likeness (QED) is 0.166. The molecule has 2 aromatic carbocycles. The third-order valence-electron chi connectivity index (χ3n) is 11.6. The third kappa shape index (κ3) is 6.84. The molecule has 3 aromatic heterocycles. The molecule has 8 rings (SSSR count). The summed E-state index contributed by atoms with van der Waals surface area (Å²) in [6.45, 7) is 3.34. The van der Waals surface area contributed by atoms with E-state index in [-0.39, 0.29) is 45.2 Å². The van der Waals surface area contributed by atoms with Gasteiger partial charge in [-0.15, -0.1) is 0 Å². The maximum atomic E-state index is 13.9. The summed E-state index contributed by atoms with van der Waals surface area (Å²) in [6, 6.07) is 12.7. The van der Waals surface area contributed by atoms with Crippen molar-refractivity contribution in [2.24, 2.45) is 14.1 Å². The van der Waals surface area contributed by atoms with E-state index in [1.807, 2.05) is 23.1 Å². The number of benzene rings is 2. The fourth-order valence-electron chi connectivity index (χ4n) is 8.52. The van der Waals surface area contributed by atoms with E-state index in [0.717, 1.165) is 59.0 Å². The molecule has 0 unspecified atom stereocenters. The molecule has 5 heterocycles. The fourth-order valence-corrected chi connectivity index (χ4v) is 9.12. The van der Waals surface area contributed by atoms with Gasteiger partial charge in [-0.1, -0.05) is 53.5 Å². The van der Waals surface area contributed by atoms with Crippen molar-refractivity contribution in [2.75, 3.05) is 52.3 Å². The van der Waals surface area contributed by atoms with Crippen LogP contribution >= 0.6 is 23.2 Å². The van der Waals surface area contributed by atoms with Crippen LogP contribution in [-0.4, -0.2) is 92.5 Å². The van der Waals surface area contributed by atoms with Crippen molar-refractivity contribution in [1.82, 2.24) is 39.2 Å². The van der Waals surface area contributed by atoms with Gasteiger partial charge in [-0.05, 0) is 43.4 Å². The number of pyridine rings is 1. The monoisotopic (exact) mass is 835 g/mol. The molecule has 18 heteroatoms. The van der Waals surface area contributed by atoms with Crippen LogP contribution in [0, 0.1) is 0 Å². The summed E-state index contributed by atoms with van der Waals surface area (Å²) >= 11 is 14.2. The van der Waals surface area contributed by atoms with Crippen molar-refractivity contribution in [3.8, 4) is 28.3 Å². The highest BCUT2D eigenvalue weighted by atomic mass is 35.5. The number of amides is 2. The van der Waals surface area contributed by atoms with E-state index in [0.29, 0.717) is 53.0 Å².